The number of amides is 1. The number of esters is 1. The second kappa shape index (κ2) is 10.2. The van der Waals surface area contributed by atoms with E-state index in [9.17, 15) is 9.59 Å². The largest absolute Gasteiger partial charge is 0.452 e. The fraction of sp³-hybridized carbons (Fsp3) is 0.300. The lowest BCUT2D eigenvalue weighted by molar-refractivity contribution is -0.152. The highest BCUT2D eigenvalue weighted by molar-refractivity contribution is 8.00. The van der Waals surface area contributed by atoms with Gasteiger partial charge in [0, 0.05) is 11.6 Å². The molecular formula is C20H22ClNO3S. The third kappa shape index (κ3) is 6.07. The molecule has 0 aromatic heterocycles. The summed E-state index contributed by atoms with van der Waals surface area (Å²) in [5.41, 5.74) is 2.14. The van der Waals surface area contributed by atoms with Crippen molar-refractivity contribution in [1.82, 2.24) is 5.32 Å². The number of likely N-dealkylation sites (N-methyl/N-ethyl adjacent to an activating group) is 1. The van der Waals surface area contributed by atoms with E-state index >= 15 is 0 Å². The molecule has 26 heavy (non-hydrogen) atoms. The molecule has 1 N–H and O–H groups in total. The van der Waals surface area contributed by atoms with E-state index < -0.39 is 12.1 Å². The molecule has 1 amide bonds. The van der Waals surface area contributed by atoms with Gasteiger partial charge in [0.05, 0.1) is 11.0 Å². The van der Waals surface area contributed by atoms with Crippen molar-refractivity contribution in [2.75, 3.05) is 12.3 Å². The number of carbonyl (C=O) groups excluding carboxylic acids is 2. The Labute approximate surface area is 163 Å². The van der Waals surface area contributed by atoms with Crippen LogP contribution in [-0.2, 0) is 14.3 Å². The molecule has 2 aromatic carbocycles. The summed E-state index contributed by atoms with van der Waals surface area (Å²) in [6.07, 6.45) is -0.797. The maximum atomic E-state index is 12.1. The van der Waals surface area contributed by atoms with E-state index in [1.165, 1.54) is 11.8 Å². The molecule has 0 heterocycles. The van der Waals surface area contributed by atoms with Gasteiger partial charge in [0.15, 0.2) is 6.10 Å². The first kappa shape index (κ1) is 20.3. The first-order chi connectivity index (χ1) is 12.5. The number of rotatable bonds is 8. The van der Waals surface area contributed by atoms with Crippen molar-refractivity contribution >= 4 is 35.2 Å². The van der Waals surface area contributed by atoms with Gasteiger partial charge in [-0.1, -0.05) is 54.1 Å². The molecule has 0 saturated heterocycles. The summed E-state index contributed by atoms with van der Waals surface area (Å²) in [6.45, 7) is 3.89. The molecule has 0 unspecified atom stereocenters. The summed E-state index contributed by atoms with van der Waals surface area (Å²) in [6, 6.07) is 17.5. The van der Waals surface area contributed by atoms with Crippen molar-refractivity contribution in [1.29, 1.82) is 0 Å². The number of ether oxygens (including phenoxy) is 1. The van der Waals surface area contributed by atoms with Crippen molar-refractivity contribution in [3.8, 4) is 0 Å². The van der Waals surface area contributed by atoms with Gasteiger partial charge in [-0.05, 0) is 37.1 Å². The van der Waals surface area contributed by atoms with Crippen molar-refractivity contribution in [2.24, 2.45) is 0 Å². The highest BCUT2D eigenvalue weighted by Crippen LogP contribution is 2.36. The van der Waals surface area contributed by atoms with Crippen LogP contribution in [0.3, 0.4) is 0 Å². The van der Waals surface area contributed by atoms with Gasteiger partial charge in [0.2, 0.25) is 0 Å². The average Bonchev–Trinajstić information content (AvgIpc) is 2.64. The van der Waals surface area contributed by atoms with Gasteiger partial charge in [-0.25, -0.2) is 0 Å². The number of hydrogen-bond donors (Lipinski definition) is 1. The van der Waals surface area contributed by atoms with Crippen LogP contribution in [0.1, 0.15) is 30.2 Å². The Morgan fingerprint density at radius 3 is 2.31 bits per heavy atom. The summed E-state index contributed by atoms with van der Waals surface area (Å²) < 4.78 is 5.21. The minimum absolute atomic E-state index is 0.0270. The number of benzene rings is 2. The summed E-state index contributed by atoms with van der Waals surface area (Å²) >= 11 is 7.44. The third-order valence-corrected chi connectivity index (χ3v) is 5.20. The topological polar surface area (TPSA) is 55.4 Å². The molecule has 2 rings (SSSR count). The number of hydrogen-bond acceptors (Lipinski definition) is 4. The molecule has 2 aromatic rings. The Morgan fingerprint density at radius 1 is 1.08 bits per heavy atom. The fourth-order valence-electron chi connectivity index (χ4n) is 2.40. The molecule has 6 heteroatoms. The van der Waals surface area contributed by atoms with Gasteiger partial charge in [0.1, 0.15) is 0 Å². The van der Waals surface area contributed by atoms with E-state index in [1.807, 2.05) is 61.5 Å². The zero-order valence-electron chi connectivity index (χ0n) is 14.8. The highest BCUT2D eigenvalue weighted by atomic mass is 35.5. The lowest BCUT2D eigenvalue weighted by Crippen LogP contribution is -2.36. The van der Waals surface area contributed by atoms with Gasteiger partial charge in [-0.2, -0.15) is 0 Å². The monoisotopic (exact) mass is 391 g/mol. The molecule has 0 aliphatic rings. The van der Waals surface area contributed by atoms with Crippen molar-refractivity contribution in [3.63, 3.8) is 0 Å². The van der Waals surface area contributed by atoms with E-state index in [1.54, 1.807) is 6.92 Å². The maximum Gasteiger partial charge on any atom is 0.316 e. The predicted molar refractivity (Wildman–Crippen MR) is 106 cm³/mol. The summed E-state index contributed by atoms with van der Waals surface area (Å²) in [5, 5.41) is 3.28. The molecule has 0 aliphatic carbocycles. The predicted octanol–water partition coefficient (Wildman–Crippen LogP) is 4.23. The fourth-order valence-corrected chi connectivity index (χ4v) is 3.60. The van der Waals surface area contributed by atoms with Crippen molar-refractivity contribution in [2.45, 2.75) is 25.2 Å². The minimum atomic E-state index is -0.797. The lowest BCUT2D eigenvalue weighted by atomic mass is 10.0. The van der Waals surface area contributed by atoms with E-state index in [0.717, 1.165) is 11.1 Å². The zero-order chi connectivity index (χ0) is 18.9. The SMILES string of the molecule is CCNC(=O)[C@@H](C)OC(=O)CS[C@@H](c1ccccc1)c1ccc(Cl)cc1. The average molecular weight is 392 g/mol. The molecule has 138 valence electrons. The Kier molecular flexibility index (Phi) is 8.01. The van der Waals surface area contributed by atoms with Crippen LogP contribution in [0.25, 0.3) is 0 Å². The minimum Gasteiger partial charge on any atom is -0.452 e. The normalized spacial score (nSPS) is 12.9. The van der Waals surface area contributed by atoms with Crippen LogP contribution in [0.5, 0.6) is 0 Å². The quantitative estimate of drug-likeness (QED) is 0.684. The van der Waals surface area contributed by atoms with Crippen LogP contribution in [-0.4, -0.2) is 30.3 Å². The molecule has 0 aliphatic heterocycles. The smallest absolute Gasteiger partial charge is 0.316 e. The molecule has 0 saturated carbocycles. The van der Waals surface area contributed by atoms with Gasteiger partial charge in [0.25, 0.3) is 5.91 Å². The number of carbonyl (C=O) groups is 2. The van der Waals surface area contributed by atoms with Gasteiger partial charge < -0.3 is 10.1 Å². The van der Waals surface area contributed by atoms with Gasteiger partial charge >= 0.3 is 5.97 Å². The van der Waals surface area contributed by atoms with E-state index in [-0.39, 0.29) is 16.9 Å². The Balaban J connectivity index is 2.04. The Hall–Kier alpha value is -1.98. The molecule has 0 radical (unpaired) electrons. The van der Waals surface area contributed by atoms with Gasteiger partial charge in [-0.15, -0.1) is 11.8 Å². The second-order valence-corrected chi connectivity index (χ2v) is 7.21. The molecular weight excluding hydrogens is 370 g/mol. The Bertz CT molecular complexity index is 722. The lowest BCUT2D eigenvalue weighted by Gasteiger charge is -2.18. The van der Waals surface area contributed by atoms with Crippen LogP contribution in [0.15, 0.2) is 54.6 Å². The van der Waals surface area contributed by atoms with Crippen LogP contribution in [0.4, 0.5) is 0 Å². The van der Waals surface area contributed by atoms with Crippen molar-refractivity contribution < 1.29 is 14.3 Å². The van der Waals surface area contributed by atoms with Crippen LogP contribution in [0, 0.1) is 0 Å². The molecule has 0 bridgehead atoms. The number of nitrogens with one attached hydrogen (secondary N) is 1. The first-order valence-electron chi connectivity index (χ1n) is 8.40. The van der Waals surface area contributed by atoms with Crippen molar-refractivity contribution in [3.05, 3.63) is 70.7 Å². The van der Waals surface area contributed by atoms with Gasteiger partial charge in [-0.3, -0.25) is 9.59 Å². The van der Waals surface area contributed by atoms with E-state index in [4.69, 9.17) is 16.3 Å². The number of halogens is 1. The molecule has 4 nitrogen and oxygen atoms in total. The zero-order valence-corrected chi connectivity index (χ0v) is 16.3. The third-order valence-electron chi connectivity index (χ3n) is 3.67. The Morgan fingerprint density at radius 2 is 1.69 bits per heavy atom. The van der Waals surface area contributed by atoms with Crippen LogP contribution in [0.2, 0.25) is 5.02 Å². The highest BCUT2D eigenvalue weighted by Gasteiger charge is 2.20. The number of thioether (sulfide) groups is 1. The van der Waals surface area contributed by atoms with Crippen LogP contribution < -0.4 is 5.32 Å². The molecule has 0 fully saturated rings. The molecule has 0 spiro atoms. The van der Waals surface area contributed by atoms with E-state index in [2.05, 4.69) is 5.32 Å². The second-order valence-electron chi connectivity index (χ2n) is 5.68. The standard InChI is InChI=1S/C20H22ClNO3S/c1-3-22-20(24)14(2)25-18(23)13-26-19(15-7-5-4-6-8-15)16-9-11-17(21)12-10-16/h4-12,14,19H,3,13H2,1-2H3,(H,22,24)/t14-,19+/m1/s1. The summed E-state index contributed by atoms with van der Waals surface area (Å²) in [4.78, 5) is 23.8. The maximum absolute atomic E-state index is 12.1. The van der Waals surface area contributed by atoms with Crippen LogP contribution >= 0.6 is 23.4 Å². The summed E-state index contributed by atoms with van der Waals surface area (Å²) in [5.74, 6) is -0.557. The molecule has 2 atom stereocenters. The van der Waals surface area contributed by atoms with E-state index in [0.29, 0.717) is 11.6 Å². The summed E-state index contributed by atoms with van der Waals surface area (Å²) in [7, 11) is 0. The first-order valence-corrected chi connectivity index (χ1v) is 9.83.